The van der Waals surface area contributed by atoms with Crippen LogP contribution < -0.4 is 0 Å². The standard InChI is InChI=1S/C40H24O/c1-2-8-30-23-36-32(22-29(30)7-1)17-16-28-9-5-11-33(39(28)36)27-14-12-25(13-15-27)31-19-21-38-37(24-31)35-20-18-26-6-3-4-10-34(26)40(35)41-38/h1-24H/i12D,13D,14D,15D. The number of fused-ring (bicyclic) bond motifs is 9. The van der Waals surface area contributed by atoms with Gasteiger partial charge in [0, 0.05) is 16.2 Å². The average molecular weight is 525 g/mol. The van der Waals surface area contributed by atoms with Crippen LogP contribution in [0.3, 0.4) is 0 Å². The van der Waals surface area contributed by atoms with E-state index in [0.717, 1.165) is 59.4 Å². The van der Waals surface area contributed by atoms with Crippen LogP contribution in [0.5, 0.6) is 0 Å². The van der Waals surface area contributed by atoms with Gasteiger partial charge in [0.1, 0.15) is 11.2 Å². The molecule has 0 aliphatic rings. The van der Waals surface area contributed by atoms with Crippen molar-refractivity contribution in [1.82, 2.24) is 0 Å². The normalized spacial score (nSPS) is 13.3. The monoisotopic (exact) mass is 524 g/mol. The minimum absolute atomic E-state index is 0.0561. The van der Waals surface area contributed by atoms with Gasteiger partial charge in [-0.1, -0.05) is 115 Å². The van der Waals surface area contributed by atoms with E-state index >= 15 is 0 Å². The lowest BCUT2D eigenvalue weighted by Gasteiger charge is -2.12. The molecule has 1 heteroatoms. The molecule has 9 aromatic rings. The van der Waals surface area contributed by atoms with Gasteiger partial charge in [0.25, 0.3) is 0 Å². The van der Waals surface area contributed by atoms with E-state index in [-0.39, 0.29) is 29.7 Å². The van der Waals surface area contributed by atoms with Crippen molar-refractivity contribution in [1.29, 1.82) is 0 Å². The number of hydrogen-bond donors (Lipinski definition) is 0. The second kappa shape index (κ2) is 8.55. The highest BCUT2D eigenvalue weighted by molar-refractivity contribution is 6.18. The molecule has 0 N–H and O–H groups in total. The molecule has 9 rings (SSSR count). The van der Waals surface area contributed by atoms with Crippen molar-refractivity contribution in [3.05, 3.63) is 145 Å². The Morgan fingerprint density at radius 3 is 2.00 bits per heavy atom. The predicted molar refractivity (Wildman–Crippen MR) is 175 cm³/mol. The third-order valence-electron chi connectivity index (χ3n) is 8.27. The first kappa shape index (κ1) is 18.8. The summed E-state index contributed by atoms with van der Waals surface area (Å²) in [5.41, 5.74) is 3.42. The van der Waals surface area contributed by atoms with Gasteiger partial charge in [0.05, 0.1) is 5.48 Å². The maximum Gasteiger partial charge on any atom is 0.143 e. The third-order valence-corrected chi connectivity index (χ3v) is 8.27. The van der Waals surface area contributed by atoms with Crippen LogP contribution in [0.4, 0.5) is 0 Å². The molecule has 0 aliphatic carbocycles. The molecule has 0 saturated carbocycles. The first-order valence-electron chi connectivity index (χ1n) is 15.8. The molecule has 0 amide bonds. The second-order valence-electron chi connectivity index (χ2n) is 10.6. The fraction of sp³-hybridized carbons (Fsp3) is 0. The Kier molecular flexibility index (Phi) is 3.92. The Bertz CT molecular complexity index is 2680. The largest absolute Gasteiger partial charge is 0.455 e. The van der Waals surface area contributed by atoms with E-state index < -0.39 is 0 Å². The van der Waals surface area contributed by atoms with Crippen molar-refractivity contribution >= 4 is 65.0 Å². The van der Waals surface area contributed by atoms with Crippen LogP contribution in [0.2, 0.25) is 0 Å². The zero-order valence-corrected chi connectivity index (χ0v) is 22.0. The third kappa shape index (κ3) is 3.43. The smallest absolute Gasteiger partial charge is 0.143 e. The van der Waals surface area contributed by atoms with Gasteiger partial charge in [0.15, 0.2) is 0 Å². The maximum atomic E-state index is 9.22. The summed E-state index contributed by atoms with van der Waals surface area (Å²) >= 11 is 0. The molecular formula is C40H24O. The lowest BCUT2D eigenvalue weighted by molar-refractivity contribution is 0.672. The molecule has 0 saturated heterocycles. The Morgan fingerprint density at radius 2 is 1.12 bits per heavy atom. The maximum absolute atomic E-state index is 9.22. The number of furan rings is 1. The first-order chi connectivity index (χ1) is 22.0. The van der Waals surface area contributed by atoms with Crippen LogP contribution in [-0.2, 0) is 0 Å². The van der Waals surface area contributed by atoms with E-state index in [1.807, 2.05) is 72.8 Å². The zero-order chi connectivity index (χ0) is 30.4. The van der Waals surface area contributed by atoms with E-state index in [1.54, 1.807) is 0 Å². The SMILES string of the molecule is [2H]c1c([2H])c(-c2cccc3ccc4cc5ccccc5cc4c23)c([2H])c([2H])c1-c1ccc2oc3c4ccccc4ccc3c2c1. The molecule has 1 nitrogen and oxygen atoms in total. The molecule has 0 atom stereocenters. The molecule has 8 aromatic carbocycles. The van der Waals surface area contributed by atoms with Crippen LogP contribution in [0.15, 0.2) is 150 Å². The minimum atomic E-state index is -0.0636. The van der Waals surface area contributed by atoms with Crippen LogP contribution in [0, 0.1) is 0 Å². The molecule has 41 heavy (non-hydrogen) atoms. The Balaban J connectivity index is 1.28. The van der Waals surface area contributed by atoms with Gasteiger partial charge in [-0.25, -0.2) is 0 Å². The van der Waals surface area contributed by atoms with Crippen molar-refractivity contribution in [3.63, 3.8) is 0 Å². The summed E-state index contributed by atoms with van der Waals surface area (Å²) in [6.07, 6.45) is 0. The molecule has 0 fully saturated rings. The highest BCUT2D eigenvalue weighted by Gasteiger charge is 2.13. The van der Waals surface area contributed by atoms with Crippen molar-refractivity contribution in [2.45, 2.75) is 0 Å². The van der Waals surface area contributed by atoms with Gasteiger partial charge >= 0.3 is 0 Å². The lowest BCUT2D eigenvalue weighted by Crippen LogP contribution is -1.86. The zero-order valence-electron chi connectivity index (χ0n) is 26.0. The van der Waals surface area contributed by atoms with Crippen LogP contribution in [0.25, 0.3) is 87.3 Å². The van der Waals surface area contributed by atoms with Gasteiger partial charge in [-0.15, -0.1) is 0 Å². The summed E-state index contributed by atoms with van der Waals surface area (Å²) in [5, 5.41) is 10.2. The van der Waals surface area contributed by atoms with Crippen molar-refractivity contribution < 1.29 is 9.90 Å². The number of benzene rings is 8. The molecule has 190 valence electrons. The van der Waals surface area contributed by atoms with Gasteiger partial charge in [-0.05, 0) is 90.3 Å². The summed E-state index contributed by atoms with van der Waals surface area (Å²) in [4.78, 5) is 0. The second-order valence-corrected chi connectivity index (χ2v) is 10.6. The Labute approximate surface area is 242 Å². The molecule has 0 radical (unpaired) electrons. The first-order valence-corrected chi connectivity index (χ1v) is 13.8. The lowest BCUT2D eigenvalue weighted by atomic mass is 9.91. The molecular weight excluding hydrogens is 496 g/mol. The molecule has 1 aromatic heterocycles. The summed E-state index contributed by atoms with van der Waals surface area (Å²) < 4.78 is 43.1. The summed E-state index contributed by atoms with van der Waals surface area (Å²) in [6, 6.07) is 40.2. The Morgan fingerprint density at radius 1 is 0.415 bits per heavy atom. The topological polar surface area (TPSA) is 13.1 Å². The Hall–Kier alpha value is -5.40. The highest BCUT2D eigenvalue weighted by atomic mass is 16.3. The number of rotatable bonds is 2. The average Bonchev–Trinajstić information content (AvgIpc) is 3.45. The van der Waals surface area contributed by atoms with Crippen molar-refractivity contribution in [3.8, 4) is 22.3 Å². The van der Waals surface area contributed by atoms with E-state index in [4.69, 9.17) is 7.16 Å². The van der Waals surface area contributed by atoms with E-state index in [0.29, 0.717) is 22.3 Å². The quantitative estimate of drug-likeness (QED) is 0.162. The van der Waals surface area contributed by atoms with Crippen molar-refractivity contribution in [2.75, 3.05) is 0 Å². The molecule has 0 spiro atoms. The van der Waals surface area contributed by atoms with Crippen LogP contribution >= 0.6 is 0 Å². The van der Waals surface area contributed by atoms with Gasteiger partial charge < -0.3 is 4.42 Å². The fourth-order valence-electron chi connectivity index (χ4n) is 6.26. The summed E-state index contributed by atoms with van der Waals surface area (Å²) in [7, 11) is 0. The molecule has 0 unspecified atom stereocenters. The molecule has 0 bridgehead atoms. The highest BCUT2D eigenvalue weighted by Crippen LogP contribution is 2.39. The minimum Gasteiger partial charge on any atom is -0.455 e. The van der Waals surface area contributed by atoms with Gasteiger partial charge in [-0.2, -0.15) is 0 Å². The van der Waals surface area contributed by atoms with Gasteiger partial charge in [-0.3, -0.25) is 0 Å². The van der Waals surface area contributed by atoms with Gasteiger partial charge in [0.2, 0.25) is 0 Å². The van der Waals surface area contributed by atoms with Crippen LogP contribution in [0.1, 0.15) is 5.48 Å². The van der Waals surface area contributed by atoms with Crippen molar-refractivity contribution in [2.24, 2.45) is 0 Å². The van der Waals surface area contributed by atoms with Crippen LogP contribution in [-0.4, -0.2) is 0 Å². The van der Waals surface area contributed by atoms with E-state index in [9.17, 15) is 2.74 Å². The number of hydrogen-bond acceptors (Lipinski definition) is 1. The summed E-state index contributed by atoms with van der Waals surface area (Å²) in [6.45, 7) is 0. The fourth-order valence-corrected chi connectivity index (χ4v) is 6.26. The van der Waals surface area contributed by atoms with E-state index in [1.165, 1.54) is 0 Å². The predicted octanol–water partition coefficient (Wildman–Crippen LogP) is 11.5. The van der Waals surface area contributed by atoms with E-state index in [2.05, 4.69) is 48.5 Å². The summed E-state index contributed by atoms with van der Waals surface area (Å²) in [5.74, 6) is 0. The molecule has 1 heterocycles. The molecule has 0 aliphatic heterocycles.